The molecule has 1 aliphatic rings. The van der Waals surface area contributed by atoms with Gasteiger partial charge in [-0.15, -0.1) is 0 Å². The van der Waals surface area contributed by atoms with Gasteiger partial charge in [0.15, 0.2) is 5.75 Å². The summed E-state index contributed by atoms with van der Waals surface area (Å²) in [5, 5.41) is 11.7. The molecule has 1 aromatic rings. The summed E-state index contributed by atoms with van der Waals surface area (Å²) in [4.78, 5) is 10.3. The molecule has 0 bridgehead atoms. The molecule has 1 aliphatic carbocycles. The molecule has 0 unspecified atom stereocenters. The fourth-order valence-electron chi connectivity index (χ4n) is 2.43. The standard InChI is InChI=1S/C13H15BrFNO3/c14-8-13(5-1-2-6-13)9-19-12-7-10(15)3-4-11(12)16(17)18/h3-4,7H,1-2,5-6,8-9H2. The van der Waals surface area contributed by atoms with Crippen LogP contribution in [0.2, 0.25) is 0 Å². The van der Waals surface area contributed by atoms with Crippen molar-refractivity contribution in [2.75, 3.05) is 11.9 Å². The Kier molecular flexibility index (Phi) is 4.39. The van der Waals surface area contributed by atoms with Gasteiger partial charge in [-0.3, -0.25) is 10.1 Å². The summed E-state index contributed by atoms with van der Waals surface area (Å²) in [5.74, 6) is -0.517. The van der Waals surface area contributed by atoms with E-state index in [1.165, 1.54) is 0 Å². The number of rotatable bonds is 5. The van der Waals surface area contributed by atoms with Crippen LogP contribution in [0.25, 0.3) is 0 Å². The minimum absolute atomic E-state index is 0.0113. The van der Waals surface area contributed by atoms with Crippen molar-refractivity contribution in [2.45, 2.75) is 25.7 Å². The Morgan fingerprint density at radius 2 is 2.11 bits per heavy atom. The molecule has 1 saturated carbocycles. The van der Waals surface area contributed by atoms with E-state index in [0.717, 1.165) is 49.2 Å². The maximum atomic E-state index is 13.2. The maximum Gasteiger partial charge on any atom is 0.311 e. The van der Waals surface area contributed by atoms with Crippen molar-refractivity contribution < 1.29 is 14.1 Å². The van der Waals surface area contributed by atoms with Gasteiger partial charge in [-0.1, -0.05) is 28.8 Å². The lowest BCUT2D eigenvalue weighted by molar-refractivity contribution is -0.386. The molecule has 1 aromatic carbocycles. The van der Waals surface area contributed by atoms with Crippen molar-refractivity contribution >= 4 is 21.6 Å². The number of alkyl halides is 1. The lowest BCUT2D eigenvalue weighted by atomic mass is 9.90. The van der Waals surface area contributed by atoms with Crippen LogP contribution in [0, 0.1) is 21.3 Å². The average Bonchev–Trinajstić information content (AvgIpc) is 2.85. The number of nitro groups is 1. The van der Waals surface area contributed by atoms with E-state index in [1.54, 1.807) is 0 Å². The first-order valence-electron chi connectivity index (χ1n) is 6.19. The van der Waals surface area contributed by atoms with Gasteiger partial charge in [-0.05, 0) is 18.9 Å². The van der Waals surface area contributed by atoms with E-state index in [-0.39, 0.29) is 16.9 Å². The van der Waals surface area contributed by atoms with E-state index in [9.17, 15) is 14.5 Å². The number of hydrogen-bond acceptors (Lipinski definition) is 3. The van der Waals surface area contributed by atoms with Crippen molar-refractivity contribution in [3.05, 3.63) is 34.1 Å². The van der Waals surface area contributed by atoms with Crippen LogP contribution in [0.3, 0.4) is 0 Å². The number of ether oxygens (including phenoxy) is 1. The second-order valence-electron chi connectivity index (χ2n) is 5.00. The van der Waals surface area contributed by atoms with Crippen LogP contribution in [-0.2, 0) is 0 Å². The predicted molar refractivity (Wildman–Crippen MR) is 73.2 cm³/mol. The molecule has 0 atom stereocenters. The molecule has 19 heavy (non-hydrogen) atoms. The number of nitro benzene ring substituents is 1. The molecular formula is C13H15BrFNO3. The summed E-state index contributed by atoms with van der Waals surface area (Å²) in [6.07, 6.45) is 4.34. The summed E-state index contributed by atoms with van der Waals surface area (Å²) in [6, 6.07) is 3.29. The minimum Gasteiger partial charge on any atom is -0.486 e. The van der Waals surface area contributed by atoms with Gasteiger partial charge >= 0.3 is 5.69 Å². The van der Waals surface area contributed by atoms with Crippen LogP contribution < -0.4 is 4.74 Å². The molecule has 0 aromatic heterocycles. The third-order valence-electron chi connectivity index (χ3n) is 3.60. The largest absolute Gasteiger partial charge is 0.486 e. The number of benzene rings is 1. The summed E-state index contributed by atoms with van der Waals surface area (Å²) in [7, 11) is 0. The van der Waals surface area contributed by atoms with Crippen molar-refractivity contribution in [1.29, 1.82) is 0 Å². The molecule has 0 heterocycles. The SMILES string of the molecule is O=[N+]([O-])c1ccc(F)cc1OCC1(CBr)CCCC1. The highest BCUT2D eigenvalue weighted by atomic mass is 79.9. The van der Waals surface area contributed by atoms with Crippen molar-refractivity contribution in [3.63, 3.8) is 0 Å². The Labute approximate surface area is 119 Å². The second kappa shape index (κ2) is 5.86. The van der Waals surface area contributed by atoms with Gasteiger partial charge in [0.25, 0.3) is 0 Å². The Balaban J connectivity index is 2.14. The molecule has 0 spiro atoms. The van der Waals surface area contributed by atoms with Crippen molar-refractivity contribution in [3.8, 4) is 5.75 Å². The number of nitrogens with zero attached hydrogens (tertiary/aromatic N) is 1. The molecule has 0 amide bonds. The predicted octanol–water partition coefficient (Wildman–Crippen LogP) is 4.07. The minimum atomic E-state index is -0.551. The first kappa shape index (κ1) is 14.2. The van der Waals surface area contributed by atoms with Crippen LogP contribution in [-0.4, -0.2) is 16.9 Å². The fraction of sp³-hybridized carbons (Fsp3) is 0.538. The molecule has 1 fully saturated rings. The monoisotopic (exact) mass is 331 g/mol. The molecule has 0 aliphatic heterocycles. The molecule has 104 valence electrons. The van der Waals surface area contributed by atoms with Crippen LogP contribution >= 0.6 is 15.9 Å². The van der Waals surface area contributed by atoms with E-state index >= 15 is 0 Å². The Hall–Kier alpha value is -1.17. The van der Waals surface area contributed by atoms with Gasteiger partial charge in [0.1, 0.15) is 5.82 Å². The Morgan fingerprint density at radius 3 is 2.68 bits per heavy atom. The molecule has 0 N–H and O–H groups in total. The molecular weight excluding hydrogens is 317 g/mol. The van der Waals surface area contributed by atoms with Gasteiger partial charge < -0.3 is 4.74 Å². The van der Waals surface area contributed by atoms with Gasteiger partial charge in [-0.25, -0.2) is 4.39 Å². The molecule has 2 rings (SSSR count). The van der Waals surface area contributed by atoms with E-state index in [1.807, 2.05) is 0 Å². The fourth-order valence-corrected chi connectivity index (χ4v) is 3.15. The molecule has 4 nitrogen and oxygen atoms in total. The Morgan fingerprint density at radius 1 is 1.42 bits per heavy atom. The molecule has 0 radical (unpaired) electrons. The van der Waals surface area contributed by atoms with E-state index in [4.69, 9.17) is 4.74 Å². The summed E-state index contributed by atoms with van der Waals surface area (Å²) in [5.41, 5.74) is -0.177. The topological polar surface area (TPSA) is 52.4 Å². The molecule has 6 heteroatoms. The second-order valence-corrected chi connectivity index (χ2v) is 5.56. The highest BCUT2D eigenvalue weighted by molar-refractivity contribution is 9.09. The van der Waals surface area contributed by atoms with Gasteiger partial charge in [-0.2, -0.15) is 0 Å². The van der Waals surface area contributed by atoms with Gasteiger partial charge in [0.2, 0.25) is 0 Å². The van der Waals surface area contributed by atoms with Crippen LogP contribution in [0.1, 0.15) is 25.7 Å². The van der Waals surface area contributed by atoms with Crippen LogP contribution in [0.5, 0.6) is 5.75 Å². The van der Waals surface area contributed by atoms with Gasteiger partial charge in [0.05, 0.1) is 11.5 Å². The maximum absolute atomic E-state index is 13.2. The lowest BCUT2D eigenvalue weighted by Crippen LogP contribution is -2.27. The molecule has 0 saturated heterocycles. The van der Waals surface area contributed by atoms with E-state index in [2.05, 4.69) is 15.9 Å². The average molecular weight is 332 g/mol. The summed E-state index contributed by atoms with van der Waals surface area (Å²) in [6.45, 7) is 0.378. The normalized spacial score (nSPS) is 17.4. The summed E-state index contributed by atoms with van der Waals surface area (Å²) >= 11 is 3.48. The number of hydrogen-bond donors (Lipinski definition) is 0. The zero-order valence-corrected chi connectivity index (χ0v) is 12.0. The van der Waals surface area contributed by atoms with Crippen molar-refractivity contribution in [1.82, 2.24) is 0 Å². The van der Waals surface area contributed by atoms with Crippen LogP contribution in [0.15, 0.2) is 18.2 Å². The summed E-state index contributed by atoms with van der Waals surface area (Å²) < 4.78 is 18.7. The Bertz CT molecular complexity index is 475. The zero-order chi connectivity index (χ0) is 13.9. The first-order valence-corrected chi connectivity index (χ1v) is 7.31. The lowest BCUT2D eigenvalue weighted by Gasteiger charge is -2.26. The van der Waals surface area contributed by atoms with E-state index in [0.29, 0.717) is 6.61 Å². The smallest absolute Gasteiger partial charge is 0.311 e. The zero-order valence-electron chi connectivity index (χ0n) is 10.4. The quantitative estimate of drug-likeness (QED) is 0.464. The highest BCUT2D eigenvalue weighted by Gasteiger charge is 2.34. The third kappa shape index (κ3) is 3.23. The van der Waals surface area contributed by atoms with Crippen LogP contribution in [0.4, 0.5) is 10.1 Å². The highest BCUT2D eigenvalue weighted by Crippen LogP contribution is 2.40. The third-order valence-corrected chi connectivity index (χ3v) is 4.79. The number of halogens is 2. The van der Waals surface area contributed by atoms with E-state index < -0.39 is 10.7 Å². The van der Waals surface area contributed by atoms with Crippen molar-refractivity contribution in [2.24, 2.45) is 5.41 Å². The first-order chi connectivity index (χ1) is 9.06. The van der Waals surface area contributed by atoms with Gasteiger partial charge in [0, 0.05) is 22.9 Å².